The van der Waals surface area contributed by atoms with Crippen LogP contribution in [0.1, 0.15) is 56.6 Å². The molecule has 2 nitrogen and oxygen atoms in total. The van der Waals surface area contributed by atoms with Gasteiger partial charge in [0.25, 0.3) is 0 Å². The van der Waals surface area contributed by atoms with E-state index in [-0.39, 0.29) is 12.1 Å². The molecule has 0 fully saturated rings. The quantitative estimate of drug-likeness (QED) is 0.117. The zero-order valence-corrected chi connectivity index (χ0v) is 30.5. The Morgan fingerprint density at radius 3 is 0.796 bits per heavy atom. The summed E-state index contributed by atoms with van der Waals surface area (Å²) in [5.41, 5.74) is 9.34. The molecule has 0 saturated carbocycles. The monoisotopic (exact) mass is 696 g/mol. The Kier molecular flexibility index (Phi) is 12.6. The molecule has 0 N–H and O–H groups in total. The molecule has 7 aromatic rings. The molecule has 0 amide bonds. The second kappa shape index (κ2) is 18.9. The van der Waals surface area contributed by atoms with Gasteiger partial charge >= 0.3 is 0 Å². The van der Waals surface area contributed by atoms with E-state index in [1.54, 1.807) is 0 Å². The minimum absolute atomic E-state index is 0.154. The fourth-order valence-electron chi connectivity index (χ4n) is 6.73. The molecule has 2 heteroatoms. The van der Waals surface area contributed by atoms with E-state index in [4.69, 9.17) is 0 Å². The number of hydrogen-bond donors (Lipinski definition) is 0. The molecule has 0 aliphatic carbocycles. The predicted octanol–water partition coefficient (Wildman–Crippen LogP) is 11.3. The highest BCUT2D eigenvalue weighted by molar-refractivity contribution is 5.42. The zero-order chi connectivity index (χ0) is 36.6. The lowest BCUT2D eigenvalue weighted by Gasteiger charge is -2.31. The maximum atomic E-state index is 3.71. The van der Waals surface area contributed by atoms with Gasteiger partial charge in [0.1, 0.15) is 0 Å². The third-order valence-electron chi connectivity index (χ3n) is 9.47. The molecule has 0 bridgehead atoms. The second-order valence-corrected chi connectivity index (χ2v) is 13.5. The van der Waals surface area contributed by atoms with Crippen LogP contribution in [-0.4, -0.2) is 9.80 Å². The molecule has 7 aromatic carbocycles. The molecule has 0 saturated heterocycles. The standard InChI is InChI=1S/C52H44N2/c1-7-19-43(20-8-1)31-37-51(53(39-45-23-11-3-12-24-45)40-46-25-13-4-14-26-46)49-33-35-50(36-34-49)52(38-32-44-21-9-2-10-22-44)54(41-47-27-15-5-16-28-47)42-48-29-17-6-18-30-48/h1-30,33-36,51-52H,39-42H2. The molecule has 262 valence electrons. The van der Waals surface area contributed by atoms with Gasteiger partial charge in [0.2, 0.25) is 0 Å². The first-order valence-electron chi connectivity index (χ1n) is 18.6. The van der Waals surface area contributed by atoms with Gasteiger partial charge in [-0.3, -0.25) is 9.80 Å². The van der Waals surface area contributed by atoms with Crippen LogP contribution < -0.4 is 0 Å². The van der Waals surface area contributed by atoms with Crippen LogP contribution in [0.15, 0.2) is 206 Å². The van der Waals surface area contributed by atoms with Gasteiger partial charge in [-0.15, -0.1) is 0 Å². The van der Waals surface area contributed by atoms with Gasteiger partial charge in [-0.1, -0.05) is 206 Å². The van der Waals surface area contributed by atoms with Crippen LogP contribution in [0.5, 0.6) is 0 Å². The van der Waals surface area contributed by atoms with Gasteiger partial charge in [0.15, 0.2) is 0 Å². The number of nitrogens with zero attached hydrogens (tertiary/aromatic N) is 2. The van der Waals surface area contributed by atoms with Crippen LogP contribution in [0, 0.1) is 23.7 Å². The fourth-order valence-corrected chi connectivity index (χ4v) is 6.73. The van der Waals surface area contributed by atoms with Crippen molar-refractivity contribution in [2.45, 2.75) is 38.3 Å². The van der Waals surface area contributed by atoms with Crippen LogP contribution in [0.2, 0.25) is 0 Å². The van der Waals surface area contributed by atoms with Crippen molar-refractivity contribution in [3.8, 4) is 23.7 Å². The maximum Gasteiger partial charge on any atom is 0.0980 e. The van der Waals surface area contributed by atoms with Gasteiger partial charge in [-0.05, 0) is 57.6 Å². The van der Waals surface area contributed by atoms with Crippen LogP contribution in [0.3, 0.4) is 0 Å². The van der Waals surface area contributed by atoms with Crippen molar-refractivity contribution in [3.63, 3.8) is 0 Å². The molecule has 2 atom stereocenters. The summed E-state index contributed by atoms with van der Waals surface area (Å²) in [4.78, 5) is 4.97. The largest absolute Gasteiger partial charge is 0.277 e. The summed E-state index contributed by atoms with van der Waals surface area (Å²) in [6.07, 6.45) is 0. The van der Waals surface area contributed by atoms with E-state index >= 15 is 0 Å². The van der Waals surface area contributed by atoms with E-state index in [0.29, 0.717) is 0 Å². The van der Waals surface area contributed by atoms with Crippen molar-refractivity contribution < 1.29 is 0 Å². The van der Waals surface area contributed by atoms with Crippen LogP contribution in [-0.2, 0) is 26.2 Å². The molecular formula is C52H44N2. The zero-order valence-electron chi connectivity index (χ0n) is 30.5. The van der Waals surface area contributed by atoms with Crippen LogP contribution >= 0.6 is 0 Å². The van der Waals surface area contributed by atoms with Gasteiger partial charge in [-0.2, -0.15) is 0 Å². The lowest BCUT2D eigenvalue weighted by atomic mass is 9.97. The summed E-state index contributed by atoms with van der Waals surface area (Å²) in [5, 5.41) is 0. The minimum atomic E-state index is -0.154. The third-order valence-corrected chi connectivity index (χ3v) is 9.47. The summed E-state index contributed by atoms with van der Waals surface area (Å²) in [6.45, 7) is 3.05. The lowest BCUT2D eigenvalue weighted by molar-refractivity contribution is 0.216. The van der Waals surface area contributed by atoms with E-state index in [1.165, 1.54) is 22.3 Å². The van der Waals surface area contributed by atoms with Gasteiger partial charge in [0.05, 0.1) is 12.1 Å². The molecule has 7 rings (SSSR count). The Morgan fingerprint density at radius 1 is 0.296 bits per heavy atom. The van der Waals surface area contributed by atoms with E-state index in [9.17, 15) is 0 Å². The Balaban J connectivity index is 1.29. The number of hydrogen-bond acceptors (Lipinski definition) is 2. The topological polar surface area (TPSA) is 6.48 Å². The average molecular weight is 697 g/mol. The van der Waals surface area contributed by atoms with Crippen molar-refractivity contribution >= 4 is 0 Å². The molecule has 0 aliphatic rings. The lowest BCUT2D eigenvalue weighted by Crippen LogP contribution is -2.28. The number of rotatable bonds is 12. The predicted molar refractivity (Wildman–Crippen MR) is 223 cm³/mol. The van der Waals surface area contributed by atoms with E-state index < -0.39 is 0 Å². The smallest absolute Gasteiger partial charge is 0.0980 e. The molecule has 0 spiro atoms. The first kappa shape index (κ1) is 36.0. The maximum absolute atomic E-state index is 3.71. The normalized spacial score (nSPS) is 11.9. The molecular weight excluding hydrogens is 653 g/mol. The third kappa shape index (κ3) is 10.3. The van der Waals surface area contributed by atoms with Crippen molar-refractivity contribution in [1.29, 1.82) is 0 Å². The summed E-state index contributed by atoms with van der Waals surface area (Å²) >= 11 is 0. The Labute approximate surface area is 321 Å². The van der Waals surface area contributed by atoms with Crippen LogP contribution in [0.4, 0.5) is 0 Å². The Bertz CT molecular complexity index is 2020. The molecule has 2 unspecified atom stereocenters. The van der Waals surface area contributed by atoms with Crippen molar-refractivity contribution in [1.82, 2.24) is 9.80 Å². The Hall–Kier alpha value is -6.42. The van der Waals surface area contributed by atoms with Gasteiger partial charge in [-0.25, -0.2) is 0 Å². The molecule has 0 radical (unpaired) electrons. The van der Waals surface area contributed by atoms with E-state index in [1.807, 2.05) is 36.4 Å². The van der Waals surface area contributed by atoms with Gasteiger partial charge in [0, 0.05) is 37.3 Å². The molecule has 0 aliphatic heterocycles. The van der Waals surface area contributed by atoms with Crippen molar-refractivity contribution in [2.24, 2.45) is 0 Å². The summed E-state index contributed by atoms with van der Waals surface area (Å²) in [5.74, 6) is 14.5. The highest BCUT2D eigenvalue weighted by Gasteiger charge is 2.23. The Morgan fingerprint density at radius 2 is 0.537 bits per heavy atom. The SMILES string of the molecule is C(#CC(c1ccc(C(C#Cc2ccccc2)N(Cc2ccccc2)Cc2ccccc2)cc1)N(Cc1ccccc1)Cc1ccccc1)c1ccccc1. The number of benzene rings is 7. The first-order chi connectivity index (χ1) is 26.8. The van der Waals surface area contributed by atoms with E-state index in [0.717, 1.165) is 48.4 Å². The van der Waals surface area contributed by atoms with Crippen molar-refractivity contribution in [3.05, 3.63) is 251 Å². The van der Waals surface area contributed by atoms with Gasteiger partial charge < -0.3 is 0 Å². The minimum Gasteiger partial charge on any atom is -0.277 e. The highest BCUT2D eigenvalue weighted by atomic mass is 15.2. The van der Waals surface area contributed by atoms with Crippen LogP contribution in [0.25, 0.3) is 0 Å². The highest BCUT2D eigenvalue weighted by Crippen LogP contribution is 2.30. The summed E-state index contributed by atoms with van der Waals surface area (Å²) < 4.78 is 0. The fraction of sp³-hybridized carbons (Fsp3) is 0.115. The average Bonchev–Trinajstić information content (AvgIpc) is 3.23. The first-order valence-corrected chi connectivity index (χ1v) is 18.6. The van der Waals surface area contributed by atoms with Crippen molar-refractivity contribution in [2.75, 3.05) is 0 Å². The summed E-state index contributed by atoms with van der Waals surface area (Å²) in [6, 6.07) is 72.2. The molecule has 54 heavy (non-hydrogen) atoms. The molecule has 0 heterocycles. The molecule has 0 aromatic heterocycles. The summed E-state index contributed by atoms with van der Waals surface area (Å²) in [7, 11) is 0. The second-order valence-electron chi connectivity index (χ2n) is 13.5. The van der Waals surface area contributed by atoms with E-state index in [2.05, 4.69) is 203 Å².